The fourth-order valence-electron chi connectivity index (χ4n) is 0.886. The summed E-state index contributed by atoms with van der Waals surface area (Å²) in [4.78, 5) is 12.5. The summed E-state index contributed by atoms with van der Waals surface area (Å²) in [5.74, 6) is -0.440. The molecule has 94 valence electrons. The largest absolute Gasteiger partial charge is 0.409 e. The second-order valence-electron chi connectivity index (χ2n) is 3.06. The summed E-state index contributed by atoms with van der Waals surface area (Å²) < 4.78 is 27.8. The van der Waals surface area contributed by atoms with Crippen LogP contribution >= 0.6 is 0 Å². The Balaban J connectivity index is 3.71. The molecule has 8 heteroatoms. The minimum absolute atomic E-state index is 0.0236. The number of likely N-dealkylation sites (N-methyl/N-ethyl adjacent to an activating group) is 1. The summed E-state index contributed by atoms with van der Waals surface area (Å²) >= 11 is 0. The second kappa shape index (κ2) is 7.80. The number of amidine groups is 1. The summed E-state index contributed by atoms with van der Waals surface area (Å²) in [5.41, 5.74) is 5.18. The molecule has 16 heavy (non-hydrogen) atoms. The number of carbonyl (C=O) groups is 1. The average molecular weight is 239 g/mol. The molecule has 0 spiro atoms. The molecule has 6 nitrogen and oxygen atoms in total. The fourth-order valence-corrected chi connectivity index (χ4v) is 0.886. The molecule has 0 atom stereocenters. The van der Waals surface area contributed by atoms with Crippen molar-refractivity contribution in [2.45, 2.75) is 12.8 Å². The van der Waals surface area contributed by atoms with Gasteiger partial charge < -0.3 is 20.6 Å². The highest BCUT2D eigenvalue weighted by Gasteiger charge is 2.10. The van der Waals surface area contributed by atoms with E-state index in [1.165, 1.54) is 11.9 Å². The molecule has 0 rings (SSSR count). The molecule has 0 bridgehead atoms. The van der Waals surface area contributed by atoms with Crippen LogP contribution in [0.25, 0.3) is 0 Å². The molecule has 1 amide bonds. The minimum Gasteiger partial charge on any atom is -0.409 e. The van der Waals surface area contributed by atoms with Crippen LogP contribution in [0.5, 0.6) is 0 Å². The monoisotopic (exact) mass is 239 g/mol. The lowest BCUT2D eigenvalue weighted by Crippen LogP contribution is -2.36. The molecule has 0 heterocycles. The summed E-state index contributed by atoms with van der Waals surface area (Å²) in [6.07, 6.45) is -2.56. The maximum Gasteiger partial charge on any atom is 0.261 e. The third kappa shape index (κ3) is 6.93. The molecule has 0 aliphatic carbocycles. The van der Waals surface area contributed by atoms with Gasteiger partial charge in [0.25, 0.3) is 6.43 Å². The Bertz CT molecular complexity index is 249. The van der Waals surface area contributed by atoms with Crippen molar-refractivity contribution in [3.05, 3.63) is 0 Å². The van der Waals surface area contributed by atoms with Gasteiger partial charge in [-0.05, 0) is 0 Å². The number of rotatable bonds is 7. The van der Waals surface area contributed by atoms with Gasteiger partial charge in [0.2, 0.25) is 5.91 Å². The summed E-state index contributed by atoms with van der Waals surface area (Å²) in [7, 11) is 1.45. The summed E-state index contributed by atoms with van der Waals surface area (Å²) in [6, 6.07) is 0. The first-order valence-electron chi connectivity index (χ1n) is 4.53. The number of amides is 1. The Morgan fingerprint density at radius 3 is 2.75 bits per heavy atom. The van der Waals surface area contributed by atoms with Crippen LogP contribution in [0, 0.1) is 0 Å². The fraction of sp³-hybridized carbons (Fsp3) is 0.750. The van der Waals surface area contributed by atoms with E-state index >= 15 is 0 Å². The van der Waals surface area contributed by atoms with E-state index in [4.69, 9.17) is 10.9 Å². The molecule has 0 aliphatic rings. The number of halogens is 2. The van der Waals surface area contributed by atoms with Crippen LogP contribution in [0.1, 0.15) is 6.42 Å². The van der Waals surface area contributed by atoms with E-state index in [0.717, 1.165) is 0 Å². The highest BCUT2D eigenvalue weighted by Crippen LogP contribution is 1.96. The smallest absolute Gasteiger partial charge is 0.261 e. The molecule has 3 N–H and O–H groups in total. The van der Waals surface area contributed by atoms with Crippen LogP contribution in [0.15, 0.2) is 5.16 Å². The molecule has 0 unspecified atom stereocenters. The first-order chi connectivity index (χ1) is 7.47. The van der Waals surface area contributed by atoms with Gasteiger partial charge in [-0.1, -0.05) is 5.16 Å². The van der Waals surface area contributed by atoms with E-state index in [0.29, 0.717) is 0 Å². The molecule has 0 radical (unpaired) electrons. The quantitative estimate of drug-likeness (QED) is 0.213. The first-order valence-corrected chi connectivity index (χ1v) is 4.53. The van der Waals surface area contributed by atoms with Crippen molar-refractivity contribution in [3.63, 3.8) is 0 Å². The SMILES string of the molecule is CN(CC(N)=NO)C(=O)CCOCC(F)F. The van der Waals surface area contributed by atoms with Crippen molar-refractivity contribution >= 4 is 11.7 Å². The van der Waals surface area contributed by atoms with Gasteiger partial charge in [-0.25, -0.2) is 8.78 Å². The predicted molar refractivity (Wildman–Crippen MR) is 52.5 cm³/mol. The van der Waals surface area contributed by atoms with Crippen LogP contribution in [0.2, 0.25) is 0 Å². The van der Waals surface area contributed by atoms with Gasteiger partial charge in [0, 0.05) is 7.05 Å². The van der Waals surface area contributed by atoms with E-state index in [2.05, 4.69) is 9.89 Å². The second-order valence-corrected chi connectivity index (χ2v) is 3.06. The van der Waals surface area contributed by atoms with Crippen molar-refractivity contribution in [3.8, 4) is 0 Å². The third-order valence-electron chi connectivity index (χ3n) is 1.66. The van der Waals surface area contributed by atoms with Gasteiger partial charge in [-0.15, -0.1) is 0 Å². The number of oxime groups is 1. The molecular weight excluding hydrogens is 224 g/mol. The maximum absolute atomic E-state index is 11.7. The number of hydrogen-bond acceptors (Lipinski definition) is 4. The Labute approximate surface area is 91.6 Å². The van der Waals surface area contributed by atoms with Crippen molar-refractivity contribution in [1.29, 1.82) is 0 Å². The van der Waals surface area contributed by atoms with Gasteiger partial charge in [0.05, 0.1) is 19.6 Å². The lowest BCUT2D eigenvalue weighted by molar-refractivity contribution is -0.130. The van der Waals surface area contributed by atoms with Gasteiger partial charge in [0.15, 0.2) is 5.84 Å². The standard InChI is InChI=1S/C8H15F2N3O3/c1-13(4-7(11)12-15)8(14)2-3-16-5-6(9)10/h6,15H,2-5H2,1H3,(H2,11,12). The number of carbonyl (C=O) groups excluding carboxylic acids is 1. The Kier molecular flexibility index (Phi) is 7.10. The van der Waals surface area contributed by atoms with Crippen LogP contribution in [0.4, 0.5) is 8.78 Å². The van der Waals surface area contributed by atoms with Crippen LogP contribution < -0.4 is 5.73 Å². The zero-order chi connectivity index (χ0) is 12.6. The van der Waals surface area contributed by atoms with Gasteiger partial charge in [0.1, 0.15) is 6.61 Å². The Hall–Kier alpha value is -1.44. The normalized spacial score (nSPS) is 11.9. The van der Waals surface area contributed by atoms with Crippen molar-refractivity contribution in [2.24, 2.45) is 10.9 Å². The zero-order valence-electron chi connectivity index (χ0n) is 8.90. The summed E-state index contributed by atoms with van der Waals surface area (Å²) in [6.45, 7) is -0.787. The number of hydrogen-bond donors (Lipinski definition) is 2. The molecule has 0 saturated heterocycles. The van der Waals surface area contributed by atoms with Crippen LogP contribution in [-0.2, 0) is 9.53 Å². The molecule has 0 aromatic carbocycles. The Morgan fingerprint density at radius 1 is 1.62 bits per heavy atom. The van der Waals surface area contributed by atoms with Gasteiger partial charge in [-0.3, -0.25) is 4.79 Å². The molecule has 0 fully saturated rings. The maximum atomic E-state index is 11.7. The Morgan fingerprint density at radius 2 is 2.25 bits per heavy atom. The zero-order valence-corrected chi connectivity index (χ0v) is 8.90. The highest BCUT2D eigenvalue weighted by molar-refractivity contribution is 5.86. The highest BCUT2D eigenvalue weighted by atomic mass is 19.3. The van der Waals surface area contributed by atoms with E-state index < -0.39 is 13.0 Å². The number of nitrogens with two attached hydrogens (primary N) is 1. The van der Waals surface area contributed by atoms with Crippen molar-refractivity contribution < 1.29 is 23.5 Å². The van der Waals surface area contributed by atoms with E-state index in [1.54, 1.807) is 0 Å². The van der Waals surface area contributed by atoms with Crippen molar-refractivity contribution in [1.82, 2.24) is 4.90 Å². The first kappa shape index (κ1) is 14.6. The van der Waals surface area contributed by atoms with E-state index in [1.807, 2.05) is 0 Å². The van der Waals surface area contributed by atoms with Crippen molar-refractivity contribution in [2.75, 3.05) is 26.8 Å². The lowest BCUT2D eigenvalue weighted by atomic mass is 10.4. The predicted octanol–water partition coefficient (Wildman–Crippen LogP) is -0.137. The van der Waals surface area contributed by atoms with Crippen LogP contribution in [0.3, 0.4) is 0 Å². The van der Waals surface area contributed by atoms with Crippen LogP contribution in [-0.4, -0.2) is 55.1 Å². The molecule has 0 aliphatic heterocycles. The van der Waals surface area contributed by atoms with E-state index in [-0.39, 0.29) is 31.3 Å². The van der Waals surface area contributed by atoms with E-state index in [9.17, 15) is 13.6 Å². The molecule has 0 aromatic rings. The minimum atomic E-state index is -2.54. The number of ether oxygens (including phenoxy) is 1. The summed E-state index contributed by atoms with van der Waals surface area (Å²) in [5, 5.41) is 11.0. The van der Waals surface area contributed by atoms with Gasteiger partial charge >= 0.3 is 0 Å². The number of alkyl halides is 2. The molecular formula is C8H15F2N3O3. The lowest BCUT2D eigenvalue weighted by Gasteiger charge is -2.15. The number of nitrogens with zero attached hydrogens (tertiary/aromatic N) is 2. The van der Waals surface area contributed by atoms with Gasteiger partial charge in [-0.2, -0.15) is 0 Å². The molecule has 0 saturated carbocycles. The topological polar surface area (TPSA) is 88.1 Å². The average Bonchev–Trinajstić information content (AvgIpc) is 2.23. The molecule has 0 aromatic heterocycles. The third-order valence-corrected chi connectivity index (χ3v) is 1.66.